The van der Waals surface area contributed by atoms with Crippen LogP contribution < -0.4 is 0 Å². The molecule has 2 bridgehead atoms. The van der Waals surface area contributed by atoms with E-state index in [-0.39, 0.29) is 16.8 Å². The molecule has 0 amide bonds. The number of rotatable bonds is 5. The minimum absolute atomic E-state index is 0.110. The summed E-state index contributed by atoms with van der Waals surface area (Å²) in [4.78, 5) is 23.2. The van der Waals surface area contributed by atoms with Crippen LogP contribution in [0.2, 0.25) is 0 Å². The predicted octanol–water partition coefficient (Wildman–Crippen LogP) is 6.35. The van der Waals surface area contributed by atoms with Crippen LogP contribution in [-0.2, 0) is 9.53 Å². The summed E-state index contributed by atoms with van der Waals surface area (Å²) in [5.41, 5.74) is 0.903. The van der Waals surface area contributed by atoms with Crippen LogP contribution in [-0.4, -0.2) is 23.7 Å². The molecule has 3 saturated carbocycles. The van der Waals surface area contributed by atoms with Gasteiger partial charge < -0.3 is 9.84 Å². The van der Waals surface area contributed by atoms with E-state index in [2.05, 4.69) is 34.6 Å². The monoisotopic (exact) mass is 414 g/mol. The van der Waals surface area contributed by atoms with Crippen LogP contribution in [0, 0.1) is 27.6 Å². The fourth-order valence-electron chi connectivity index (χ4n) is 8.05. The maximum Gasteiger partial charge on any atom is 0.335 e. The SMILES string of the molecule is CCC1(CC)C(=O)OCC23CC(C)C(C2)(C3)C1(CC)CC.O=C(O)c1ccccc1. The quantitative estimate of drug-likeness (QED) is 0.570. The summed E-state index contributed by atoms with van der Waals surface area (Å²) in [6, 6.07) is 8.30. The predicted molar refractivity (Wildman–Crippen MR) is 118 cm³/mol. The number of fused-ring (bicyclic) bond motifs is 5. The van der Waals surface area contributed by atoms with E-state index in [0.29, 0.717) is 23.0 Å². The molecule has 1 atom stereocenters. The number of ether oxygens (including phenoxy) is 1. The molecule has 5 fully saturated rings. The fourth-order valence-corrected chi connectivity index (χ4v) is 8.05. The zero-order valence-electron chi connectivity index (χ0n) is 19.3. The van der Waals surface area contributed by atoms with Gasteiger partial charge in [-0.3, -0.25) is 4.79 Å². The zero-order chi connectivity index (χ0) is 22.2. The van der Waals surface area contributed by atoms with Gasteiger partial charge in [0.15, 0.2) is 0 Å². The minimum atomic E-state index is -0.879. The molecule has 4 nitrogen and oxygen atoms in total. The second-order valence-electron chi connectivity index (χ2n) is 9.94. The van der Waals surface area contributed by atoms with Crippen molar-refractivity contribution in [1.29, 1.82) is 0 Å². The van der Waals surface area contributed by atoms with Gasteiger partial charge in [0.2, 0.25) is 0 Å². The highest BCUT2D eigenvalue weighted by atomic mass is 16.5. The standard InChI is InChI=1S/C19H32O2.C7H6O2/c1-6-17(7-2)15(20)21-13-16-10-14(5)18(11-16,12-16)19(17,8-3)9-4;8-7(9)6-4-2-1-3-5-6/h14H,6-13H2,1-5H3;1-5H,(H,8,9). The molecule has 1 aromatic carbocycles. The van der Waals surface area contributed by atoms with Crippen LogP contribution >= 0.6 is 0 Å². The lowest BCUT2D eigenvalue weighted by Crippen LogP contribution is -2.64. The summed E-state index contributed by atoms with van der Waals surface area (Å²) >= 11 is 0. The molecule has 1 unspecified atom stereocenters. The number of esters is 1. The zero-order valence-corrected chi connectivity index (χ0v) is 19.3. The molecule has 1 N–H and O–H groups in total. The van der Waals surface area contributed by atoms with E-state index in [1.807, 2.05) is 0 Å². The molecule has 0 spiro atoms. The number of carbonyl (C=O) groups is 2. The van der Waals surface area contributed by atoms with Crippen molar-refractivity contribution in [2.24, 2.45) is 27.6 Å². The minimum Gasteiger partial charge on any atom is -0.478 e. The molecule has 166 valence electrons. The first-order valence-corrected chi connectivity index (χ1v) is 11.7. The molecule has 6 rings (SSSR count). The van der Waals surface area contributed by atoms with Gasteiger partial charge in [0, 0.05) is 5.41 Å². The summed E-state index contributed by atoms with van der Waals surface area (Å²) in [7, 11) is 0. The van der Waals surface area contributed by atoms with E-state index in [1.54, 1.807) is 30.3 Å². The van der Waals surface area contributed by atoms with Crippen molar-refractivity contribution in [3.63, 3.8) is 0 Å². The third-order valence-electron chi connectivity index (χ3n) is 9.27. The maximum atomic E-state index is 13.0. The van der Waals surface area contributed by atoms with Crippen molar-refractivity contribution < 1.29 is 19.4 Å². The van der Waals surface area contributed by atoms with Gasteiger partial charge in [-0.25, -0.2) is 4.79 Å². The van der Waals surface area contributed by atoms with Crippen LogP contribution in [0.5, 0.6) is 0 Å². The lowest BCUT2D eigenvalue weighted by molar-refractivity contribution is -0.227. The van der Waals surface area contributed by atoms with Crippen molar-refractivity contribution in [3.8, 4) is 0 Å². The number of hydrogen-bond acceptors (Lipinski definition) is 3. The Kier molecular flexibility index (Phi) is 6.10. The van der Waals surface area contributed by atoms with Crippen molar-refractivity contribution in [2.45, 2.75) is 79.6 Å². The Morgan fingerprint density at radius 2 is 1.60 bits per heavy atom. The second-order valence-corrected chi connectivity index (χ2v) is 9.94. The molecule has 4 heteroatoms. The molecular weight excluding hydrogens is 376 g/mol. The summed E-state index contributed by atoms with van der Waals surface area (Å²) in [5.74, 6) is -0.0292. The smallest absolute Gasteiger partial charge is 0.335 e. The van der Waals surface area contributed by atoms with Gasteiger partial charge in [0.1, 0.15) is 0 Å². The molecule has 3 aliphatic carbocycles. The molecule has 2 saturated heterocycles. The van der Waals surface area contributed by atoms with Gasteiger partial charge in [-0.05, 0) is 73.8 Å². The van der Waals surface area contributed by atoms with Crippen molar-refractivity contribution in [1.82, 2.24) is 0 Å². The molecule has 1 aromatic rings. The van der Waals surface area contributed by atoms with E-state index >= 15 is 0 Å². The van der Waals surface area contributed by atoms with Gasteiger partial charge in [-0.2, -0.15) is 0 Å². The number of benzene rings is 1. The highest BCUT2D eigenvalue weighted by molar-refractivity contribution is 5.87. The van der Waals surface area contributed by atoms with Gasteiger partial charge >= 0.3 is 11.9 Å². The first-order chi connectivity index (χ1) is 14.2. The largest absolute Gasteiger partial charge is 0.478 e. The van der Waals surface area contributed by atoms with Crippen molar-refractivity contribution in [2.75, 3.05) is 6.61 Å². The summed E-state index contributed by atoms with van der Waals surface area (Å²) in [6.45, 7) is 12.2. The van der Waals surface area contributed by atoms with Crippen molar-refractivity contribution in [3.05, 3.63) is 35.9 Å². The van der Waals surface area contributed by atoms with Crippen LogP contribution in [0.4, 0.5) is 0 Å². The van der Waals surface area contributed by atoms with Gasteiger partial charge in [0.05, 0.1) is 17.6 Å². The number of carboxylic acids is 1. The third-order valence-corrected chi connectivity index (χ3v) is 9.27. The highest BCUT2D eigenvalue weighted by Crippen LogP contribution is 2.81. The lowest BCUT2D eigenvalue weighted by atomic mass is 9.38. The Balaban J connectivity index is 0.000000239. The van der Waals surface area contributed by atoms with E-state index in [1.165, 1.54) is 19.3 Å². The average Bonchev–Trinajstić information content (AvgIpc) is 3.19. The maximum absolute atomic E-state index is 13.0. The van der Waals surface area contributed by atoms with Crippen molar-refractivity contribution >= 4 is 11.9 Å². The van der Waals surface area contributed by atoms with Crippen LogP contribution in [0.3, 0.4) is 0 Å². The van der Waals surface area contributed by atoms with Gasteiger partial charge in [-0.15, -0.1) is 0 Å². The molecular formula is C26H38O4. The molecule has 30 heavy (non-hydrogen) atoms. The fraction of sp³-hybridized carbons (Fsp3) is 0.692. The Labute approximate surface area is 181 Å². The molecule has 5 aliphatic rings. The van der Waals surface area contributed by atoms with E-state index in [0.717, 1.165) is 31.6 Å². The Hall–Kier alpha value is -1.84. The lowest BCUT2D eigenvalue weighted by Gasteiger charge is -2.66. The summed E-state index contributed by atoms with van der Waals surface area (Å²) < 4.78 is 5.92. The Bertz CT molecular complexity index is 767. The van der Waals surface area contributed by atoms with E-state index < -0.39 is 5.97 Å². The molecule has 0 aromatic heterocycles. The number of aromatic carboxylic acids is 1. The molecule has 2 aliphatic heterocycles. The first kappa shape index (κ1) is 22.8. The molecule has 2 heterocycles. The number of carboxylic acid groups (broad SMARTS) is 1. The highest BCUT2D eigenvalue weighted by Gasteiger charge is 2.77. The average molecular weight is 415 g/mol. The van der Waals surface area contributed by atoms with Crippen LogP contribution in [0.25, 0.3) is 0 Å². The Morgan fingerprint density at radius 3 is 2.03 bits per heavy atom. The van der Waals surface area contributed by atoms with Crippen LogP contribution in [0.1, 0.15) is 89.9 Å². The van der Waals surface area contributed by atoms with Crippen LogP contribution in [0.15, 0.2) is 30.3 Å². The molecule has 0 radical (unpaired) electrons. The van der Waals surface area contributed by atoms with Gasteiger partial charge in [0.25, 0.3) is 0 Å². The second kappa shape index (κ2) is 8.01. The normalized spacial score (nSPS) is 32.6. The van der Waals surface area contributed by atoms with Gasteiger partial charge in [-0.1, -0.05) is 52.8 Å². The summed E-state index contributed by atoms with van der Waals surface area (Å²) in [5, 5.41) is 8.38. The number of hydrogen-bond donors (Lipinski definition) is 1. The summed E-state index contributed by atoms with van der Waals surface area (Å²) in [6.07, 6.45) is 7.94. The number of carbonyl (C=O) groups excluding carboxylic acids is 1. The first-order valence-electron chi connectivity index (χ1n) is 11.7. The Morgan fingerprint density at radius 1 is 1.03 bits per heavy atom. The topological polar surface area (TPSA) is 63.6 Å². The third kappa shape index (κ3) is 2.93. The van der Waals surface area contributed by atoms with E-state index in [9.17, 15) is 9.59 Å². The van der Waals surface area contributed by atoms with E-state index in [4.69, 9.17) is 9.84 Å².